The van der Waals surface area contributed by atoms with Crippen molar-refractivity contribution >= 4 is 29.4 Å². The number of carbonyl (C=O) groups is 2. The highest BCUT2D eigenvalue weighted by atomic mass is 32.2. The predicted molar refractivity (Wildman–Crippen MR) is 167 cm³/mol. The van der Waals surface area contributed by atoms with Crippen molar-refractivity contribution in [3.63, 3.8) is 0 Å². The normalized spacial score (nSPS) is 16.8. The van der Waals surface area contributed by atoms with Crippen molar-refractivity contribution in [1.82, 2.24) is 20.0 Å². The maximum atomic E-state index is 14.4. The average Bonchev–Trinajstić information content (AvgIpc) is 3.44. The summed E-state index contributed by atoms with van der Waals surface area (Å²) in [5.74, 6) is -2.11. The van der Waals surface area contributed by atoms with Crippen molar-refractivity contribution in [2.75, 3.05) is 23.6 Å². The highest BCUT2D eigenvalue weighted by Crippen LogP contribution is 2.46. The summed E-state index contributed by atoms with van der Waals surface area (Å²) >= 11 is 1.44. The number of likely N-dealkylation sites (N-methyl/N-ethyl adjacent to an activating group) is 1. The molecular weight excluding hydrogens is 620 g/mol. The highest BCUT2D eigenvalue weighted by Gasteiger charge is 2.47. The molecule has 238 valence electrons. The van der Waals surface area contributed by atoms with Crippen molar-refractivity contribution in [2.24, 2.45) is 0 Å². The molecule has 2 heterocycles. The fourth-order valence-corrected chi connectivity index (χ4v) is 6.25. The number of hydrogen-bond donors (Lipinski definition) is 1. The quantitative estimate of drug-likeness (QED) is 0.0964. The molecule has 13 heteroatoms. The zero-order chi connectivity index (χ0) is 33.2. The molecule has 3 aromatic carbocycles. The van der Waals surface area contributed by atoms with Crippen molar-refractivity contribution in [3.05, 3.63) is 113 Å². The number of thioether (sulfide) groups is 1. The van der Waals surface area contributed by atoms with Gasteiger partial charge < -0.3 is 5.32 Å². The van der Waals surface area contributed by atoms with Crippen LogP contribution in [0.5, 0.6) is 0 Å². The van der Waals surface area contributed by atoms with Gasteiger partial charge in [0.25, 0.3) is 11.8 Å². The molecule has 4 aromatic rings. The third-order valence-electron chi connectivity index (χ3n) is 7.90. The van der Waals surface area contributed by atoms with Crippen LogP contribution in [0.15, 0.2) is 78.9 Å². The molecule has 1 aliphatic rings. The summed E-state index contributed by atoms with van der Waals surface area (Å²) in [6, 6.07) is 16.6. The van der Waals surface area contributed by atoms with Gasteiger partial charge in [-0.3, -0.25) is 19.4 Å². The summed E-state index contributed by atoms with van der Waals surface area (Å²) in [7, 11) is 0. The molecule has 46 heavy (non-hydrogen) atoms. The number of anilines is 1. The van der Waals surface area contributed by atoms with Crippen molar-refractivity contribution in [1.29, 1.82) is 5.26 Å². The lowest BCUT2D eigenvalue weighted by Gasteiger charge is -2.39. The Bertz CT molecular complexity index is 1770. The zero-order valence-electron chi connectivity index (χ0n) is 25.1. The van der Waals surface area contributed by atoms with Gasteiger partial charge in [0.15, 0.2) is 6.19 Å². The maximum Gasteiger partial charge on any atom is 0.416 e. The number of nitrogens with one attached hydrogen (secondary N) is 1. The maximum absolute atomic E-state index is 14.4. The number of nitrogens with zero attached hydrogens (tertiary/aromatic N) is 5. The number of rotatable bonds is 9. The van der Waals surface area contributed by atoms with Gasteiger partial charge in [-0.1, -0.05) is 36.4 Å². The SMILES string of the molecule is CCN1C(=O)[C@@H](NC(=O)c2cccc(C(F)(F)F)c2)[C@@H](c2ccc(F)cc2)c2c([C@@H](C)N(C#N)CSC)nn(-c3ccccc3)c21. The van der Waals surface area contributed by atoms with Gasteiger partial charge in [0.2, 0.25) is 0 Å². The Morgan fingerprint density at radius 1 is 1.11 bits per heavy atom. The standard InChI is InChI=1S/C33H30F4N6O2S/c1-4-42-31-27(28(20(2)41(18-38)19-46-3)40-43(31)25-11-6-5-7-12-25)26(21-13-15-24(34)16-14-21)29(32(42)45)39-30(44)22-9-8-10-23(17-22)33(35,36)37/h5-17,20,26,29H,4,19H2,1-3H3,(H,39,44)/t20-,26+,29+/m1/s1. The molecule has 3 atom stereocenters. The van der Waals surface area contributed by atoms with Crippen LogP contribution in [0.1, 0.15) is 58.5 Å². The summed E-state index contributed by atoms with van der Waals surface area (Å²) < 4.78 is 56.2. The van der Waals surface area contributed by atoms with E-state index in [2.05, 4.69) is 11.5 Å². The van der Waals surface area contributed by atoms with Gasteiger partial charge in [0.05, 0.1) is 28.9 Å². The van der Waals surface area contributed by atoms with E-state index in [-0.39, 0.29) is 12.1 Å². The van der Waals surface area contributed by atoms with E-state index in [1.54, 1.807) is 11.6 Å². The van der Waals surface area contributed by atoms with Crippen LogP contribution in [0.2, 0.25) is 0 Å². The first-order chi connectivity index (χ1) is 22.0. The highest BCUT2D eigenvalue weighted by molar-refractivity contribution is 7.98. The summed E-state index contributed by atoms with van der Waals surface area (Å²) in [6.07, 6.45) is -0.617. The number of fused-ring (bicyclic) bond motifs is 1. The smallest absolute Gasteiger partial charge is 0.339 e. The fraction of sp³-hybridized carbons (Fsp3) is 0.273. The van der Waals surface area contributed by atoms with Crippen molar-refractivity contribution in [2.45, 2.75) is 38.0 Å². The van der Waals surface area contributed by atoms with E-state index in [0.29, 0.717) is 34.2 Å². The fourth-order valence-electron chi connectivity index (χ4n) is 5.69. The second kappa shape index (κ2) is 13.3. The van der Waals surface area contributed by atoms with Gasteiger partial charge in [-0.2, -0.15) is 23.5 Å². The van der Waals surface area contributed by atoms with Crippen LogP contribution in [0.25, 0.3) is 5.69 Å². The Balaban J connectivity index is 1.75. The molecule has 1 N–H and O–H groups in total. The van der Waals surface area contributed by atoms with Crippen molar-refractivity contribution < 1.29 is 27.2 Å². The summed E-state index contributed by atoms with van der Waals surface area (Å²) in [6.45, 7) is 3.73. The molecule has 0 saturated heterocycles. The lowest BCUT2D eigenvalue weighted by Crippen LogP contribution is -2.55. The van der Waals surface area contributed by atoms with E-state index in [0.717, 1.165) is 18.2 Å². The number of amides is 2. The first-order valence-electron chi connectivity index (χ1n) is 14.4. The Morgan fingerprint density at radius 3 is 2.41 bits per heavy atom. The first-order valence-corrected chi connectivity index (χ1v) is 15.8. The van der Waals surface area contributed by atoms with Crippen LogP contribution in [0.4, 0.5) is 23.4 Å². The molecule has 0 unspecified atom stereocenters. The summed E-state index contributed by atoms with van der Waals surface area (Å²) in [4.78, 5) is 30.9. The number of nitriles is 1. The van der Waals surface area contributed by atoms with Gasteiger partial charge in [0, 0.05) is 23.6 Å². The predicted octanol–water partition coefficient (Wildman–Crippen LogP) is 6.49. The third kappa shape index (κ3) is 6.17. The van der Waals surface area contributed by atoms with Crippen LogP contribution < -0.4 is 10.2 Å². The van der Waals surface area contributed by atoms with E-state index < -0.39 is 47.4 Å². The Kier molecular flexibility index (Phi) is 9.39. The number of alkyl halides is 3. The van der Waals surface area contributed by atoms with E-state index in [1.165, 1.54) is 51.9 Å². The Labute approximate surface area is 267 Å². The number of hydrogen-bond acceptors (Lipinski definition) is 6. The lowest BCUT2D eigenvalue weighted by atomic mass is 9.80. The third-order valence-corrected chi connectivity index (χ3v) is 8.44. The van der Waals surface area contributed by atoms with Crippen LogP contribution in [0.3, 0.4) is 0 Å². The summed E-state index contributed by atoms with van der Waals surface area (Å²) in [5.41, 5.74) is 0.802. The molecule has 0 fully saturated rings. The minimum Gasteiger partial charge on any atom is -0.339 e. The molecule has 1 aromatic heterocycles. The van der Waals surface area contributed by atoms with Gasteiger partial charge in [0.1, 0.15) is 17.7 Å². The number of carbonyl (C=O) groups excluding carboxylic acids is 2. The molecule has 0 bridgehead atoms. The number of halogens is 4. The van der Waals surface area contributed by atoms with Crippen LogP contribution in [-0.4, -0.2) is 51.2 Å². The monoisotopic (exact) mass is 650 g/mol. The van der Waals surface area contributed by atoms with Gasteiger partial charge in [-0.15, -0.1) is 11.8 Å². The molecule has 1 aliphatic heterocycles. The molecule has 0 saturated carbocycles. The van der Waals surface area contributed by atoms with Crippen molar-refractivity contribution in [3.8, 4) is 11.9 Å². The minimum atomic E-state index is -4.68. The van der Waals surface area contributed by atoms with E-state index in [9.17, 15) is 32.4 Å². The van der Waals surface area contributed by atoms with Crippen LogP contribution in [0, 0.1) is 17.3 Å². The molecule has 0 spiro atoms. The van der Waals surface area contributed by atoms with Gasteiger partial charge >= 0.3 is 6.18 Å². The first kappa shape index (κ1) is 32.6. The van der Waals surface area contributed by atoms with Crippen LogP contribution in [-0.2, 0) is 11.0 Å². The van der Waals surface area contributed by atoms with Crippen LogP contribution >= 0.6 is 11.8 Å². The van der Waals surface area contributed by atoms with Gasteiger partial charge in [-0.05, 0) is 68.1 Å². The molecule has 5 rings (SSSR count). The number of benzene rings is 3. The summed E-state index contributed by atoms with van der Waals surface area (Å²) in [5, 5.41) is 17.7. The van der Waals surface area contributed by atoms with E-state index >= 15 is 0 Å². The second-order valence-corrected chi connectivity index (χ2v) is 11.5. The largest absolute Gasteiger partial charge is 0.416 e. The topological polar surface area (TPSA) is 94.3 Å². The molecular formula is C33H30F4N6O2S. The molecule has 8 nitrogen and oxygen atoms in total. The zero-order valence-corrected chi connectivity index (χ0v) is 25.9. The van der Waals surface area contributed by atoms with E-state index in [1.807, 2.05) is 43.5 Å². The van der Waals surface area contributed by atoms with E-state index in [4.69, 9.17) is 5.10 Å². The number of para-hydroxylation sites is 1. The Morgan fingerprint density at radius 2 is 1.80 bits per heavy atom. The lowest BCUT2D eigenvalue weighted by molar-refractivity contribution is -0.137. The Hall–Kier alpha value is -4.83. The van der Waals surface area contributed by atoms with Gasteiger partial charge in [-0.25, -0.2) is 9.07 Å². The molecule has 0 aliphatic carbocycles. The number of aromatic nitrogens is 2. The molecule has 2 amide bonds. The molecule has 0 radical (unpaired) electrons. The minimum absolute atomic E-state index is 0.164. The second-order valence-electron chi connectivity index (χ2n) is 10.7. The average molecular weight is 651 g/mol.